The predicted molar refractivity (Wildman–Crippen MR) is 55.4 cm³/mol. The van der Waals surface area contributed by atoms with E-state index in [0.29, 0.717) is 18.4 Å². The molecule has 0 spiro atoms. The van der Waals surface area contributed by atoms with E-state index in [-0.39, 0.29) is 5.91 Å². The maximum Gasteiger partial charge on any atom is 0.239 e. The Labute approximate surface area is 88.2 Å². The first-order valence-corrected chi connectivity index (χ1v) is 5.28. The van der Waals surface area contributed by atoms with E-state index >= 15 is 0 Å². The van der Waals surface area contributed by atoms with Gasteiger partial charge >= 0.3 is 0 Å². The van der Waals surface area contributed by atoms with Crippen molar-refractivity contribution in [3.05, 3.63) is 12.3 Å². The Kier molecular flexibility index (Phi) is 3.34. The van der Waals surface area contributed by atoms with E-state index < -0.39 is 0 Å². The molecule has 1 aliphatic carbocycles. The molecule has 1 aliphatic rings. The Bertz CT molecular complexity index is 304. The van der Waals surface area contributed by atoms with Crippen LogP contribution in [0.1, 0.15) is 25.7 Å². The molecule has 5 heteroatoms. The van der Waals surface area contributed by atoms with Crippen molar-refractivity contribution in [2.45, 2.75) is 31.7 Å². The molecule has 5 nitrogen and oxygen atoms in total. The van der Waals surface area contributed by atoms with E-state index in [1.54, 1.807) is 6.07 Å². The second-order valence-corrected chi connectivity index (χ2v) is 3.80. The molecule has 15 heavy (non-hydrogen) atoms. The van der Waals surface area contributed by atoms with Crippen LogP contribution in [0.2, 0.25) is 0 Å². The standard InChI is InChI=1S/C10H15N3O2/c14-10(12-9-5-6-15-13-9)7-11-8-3-1-2-4-8/h5-6,8,11H,1-4,7H2,(H,12,13,14). The number of hydrogen-bond acceptors (Lipinski definition) is 4. The number of nitrogens with zero attached hydrogens (tertiary/aromatic N) is 1. The molecule has 0 unspecified atom stereocenters. The van der Waals surface area contributed by atoms with Gasteiger partial charge in [-0.25, -0.2) is 0 Å². The fraction of sp³-hybridized carbons (Fsp3) is 0.600. The summed E-state index contributed by atoms with van der Waals surface area (Å²) in [6, 6.07) is 2.13. The van der Waals surface area contributed by atoms with Gasteiger partial charge in [0, 0.05) is 12.1 Å². The van der Waals surface area contributed by atoms with Crippen LogP contribution in [-0.2, 0) is 4.79 Å². The minimum atomic E-state index is -0.0733. The topological polar surface area (TPSA) is 67.2 Å². The average Bonchev–Trinajstić information content (AvgIpc) is 2.86. The molecule has 0 atom stereocenters. The number of hydrogen-bond donors (Lipinski definition) is 2. The van der Waals surface area contributed by atoms with Gasteiger partial charge < -0.3 is 15.2 Å². The zero-order valence-corrected chi connectivity index (χ0v) is 8.53. The summed E-state index contributed by atoms with van der Waals surface area (Å²) in [5, 5.41) is 9.46. The summed E-state index contributed by atoms with van der Waals surface area (Å²) in [7, 11) is 0. The number of nitrogens with one attached hydrogen (secondary N) is 2. The van der Waals surface area contributed by atoms with Gasteiger partial charge in [0.2, 0.25) is 5.91 Å². The van der Waals surface area contributed by atoms with Crippen LogP contribution in [-0.4, -0.2) is 23.7 Å². The Balaban J connectivity index is 1.68. The molecule has 1 aromatic heterocycles. The Morgan fingerprint density at radius 2 is 2.33 bits per heavy atom. The lowest BCUT2D eigenvalue weighted by Gasteiger charge is -2.10. The first-order valence-electron chi connectivity index (χ1n) is 5.28. The molecule has 0 saturated heterocycles. The van der Waals surface area contributed by atoms with Crippen molar-refractivity contribution in [3.63, 3.8) is 0 Å². The van der Waals surface area contributed by atoms with Gasteiger partial charge in [0.15, 0.2) is 5.82 Å². The van der Waals surface area contributed by atoms with Crippen molar-refractivity contribution in [2.75, 3.05) is 11.9 Å². The highest BCUT2D eigenvalue weighted by Crippen LogP contribution is 2.17. The molecule has 0 radical (unpaired) electrons. The minimum absolute atomic E-state index is 0.0733. The predicted octanol–water partition coefficient (Wildman–Crippen LogP) is 1.15. The molecule has 0 aromatic carbocycles. The second-order valence-electron chi connectivity index (χ2n) is 3.80. The zero-order chi connectivity index (χ0) is 10.5. The van der Waals surface area contributed by atoms with E-state index in [4.69, 9.17) is 0 Å². The summed E-state index contributed by atoms with van der Waals surface area (Å²) < 4.78 is 4.61. The molecule has 82 valence electrons. The summed E-state index contributed by atoms with van der Waals surface area (Å²) in [5.74, 6) is 0.393. The van der Waals surface area contributed by atoms with Crippen molar-refractivity contribution >= 4 is 11.7 Å². The Morgan fingerprint density at radius 1 is 1.53 bits per heavy atom. The molecule has 0 aliphatic heterocycles. The quantitative estimate of drug-likeness (QED) is 0.780. The molecule has 1 amide bonds. The lowest BCUT2D eigenvalue weighted by molar-refractivity contribution is -0.115. The van der Waals surface area contributed by atoms with Gasteiger partial charge in [-0.1, -0.05) is 18.0 Å². The summed E-state index contributed by atoms with van der Waals surface area (Å²) in [6.45, 7) is 0.345. The van der Waals surface area contributed by atoms with Crippen LogP contribution in [0.15, 0.2) is 16.9 Å². The lowest BCUT2D eigenvalue weighted by Crippen LogP contribution is -2.34. The van der Waals surface area contributed by atoms with Gasteiger partial charge in [-0.05, 0) is 12.8 Å². The highest BCUT2D eigenvalue weighted by atomic mass is 16.5. The first-order chi connectivity index (χ1) is 7.34. The van der Waals surface area contributed by atoms with Crippen molar-refractivity contribution in [2.24, 2.45) is 0 Å². The SMILES string of the molecule is O=C(CNC1CCCC1)Nc1ccon1. The number of rotatable bonds is 4. The molecule has 2 N–H and O–H groups in total. The fourth-order valence-electron chi connectivity index (χ4n) is 1.83. The van der Waals surface area contributed by atoms with E-state index in [1.165, 1.54) is 31.9 Å². The van der Waals surface area contributed by atoms with Crippen LogP contribution in [0, 0.1) is 0 Å². The van der Waals surface area contributed by atoms with Crippen LogP contribution in [0.5, 0.6) is 0 Å². The fourth-order valence-corrected chi connectivity index (χ4v) is 1.83. The summed E-state index contributed by atoms with van der Waals surface area (Å²) in [4.78, 5) is 11.4. The molecular weight excluding hydrogens is 194 g/mol. The molecule has 1 fully saturated rings. The maximum atomic E-state index is 11.4. The van der Waals surface area contributed by atoms with Gasteiger partial charge in [0.25, 0.3) is 0 Å². The third-order valence-electron chi connectivity index (χ3n) is 2.61. The number of anilines is 1. The average molecular weight is 209 g/mol. The number of carbonyl (C=O) groups excluding carboxylic acids is 1. The number of aromatic nitrogens is 1. The third-order valence-corrected chi connectivity index (χ3v) is 2.61. The summed E-state index contributed by atoms with van der Waals surface area (Å²) in [5.41, 5.74) is 0. The molecule has 1 saturated carbocycles. The normalized spacial score (nSPS) is 16.8. The van der Waals surface area contributed by atoms with Crippen molar-refractivity contribution < 1.29 is 9.32 Å². The summed E-state index contributed by atoms with van der Waals surface area (Å²) in [6.07, 6.45) is 6.32. The lowest BCUT2D eigenvalue weighted by atomic mass is 10.2. The van der Waals surface area contributed by atoms with Crippen LogP contribution >= 0.6 is 0 Å². The van der Waals surface area contributed by atoms with E-state index in [1.807, 2.05) is 0 Å². The monoisotopic (exact) mass is 209 g/mol. The van der Waals surface area contributed by atoms with Crippen LogP contribution in [0.3, 0.4) is 0 Å². The van der Waals surface area contributed by atoms with E-state index in [2.05, 4.69) is 20.3 Å². The molecule has 2 rings (SSSR count). The van der Waals surface area contributed by atoms with E-state index in [9.17, 15) is 4.79 Å². The van der Waals surface area contributed by atoms with Crippen molar-refractivity contribution in [1.29, 1.82) is 0 Å². The zero-order valence-electron chi connectivity index (χ0n) is 8.53. The highest BCUT2D eigenvalue weighted by Gasteiger charge is 2.15. The Hall–Kier alpha value is -1.36. The van der Waals surface area contributed by atoms with Gasteiger partial charge in [-0.2, -0.15) is 0 Å². The van der Waals surface area contributed by atoms with Crippen LogP contribution in [0.4, 0.5) is 5.82 Å². The van der Waals surface area contributed by atoms with E-state index in [0.717, 1.165) is 0 Å². The van der Waals surface area contributed by atoms with Crippen LogP contribution in [0.25, 0.3) is 0 Å². The first kappa shape index (κ1) is 10.2. The smallest absolute Gasteiger partial charge is 0.239 e. The largest absolute Gasteiger partial charge is 0.363 e. The highest BCUT2D eigenvalue weighted by molar-refractivity contribution is 5.91. The Morgan fingerprint density at radius 3 is 3.00 bits per heavy atom. The molecule has 1 aromatic rings. The number of carbonyl (C=O) groups is 1. The van der Waals surface area contributed by atoms with Crippen molar-refractivity contribution in [1.82, 2.24) is 10.5 Å². The number of amides is 1. The molecular formula is C10H15N3O2. The molecule has 0 bridgehead atoms. The minimum Gasteiger partial charge on any atom is -0.363 e. The maximum absolute atomic E-state index is 11.4. The van der Waals surface area contributed by atoms with Crippen LogP contribution < -0.4 is 10.6 Å². The van der Waals surface area contributed by atoms with Gasteiger partial charge in [-0.15, -0.1) is 0 Å². The molecule has 1 heterocycles. The second kappa shape index (κ2) is 4.93. The van der Waals surface area contributed by atoms with Gasteiger partial charge in [0.05, 0.1) is 6.54 Å². The van der Waals surface area contributed by atoms with Gasteiger partial charge in [-0.3, -0.25) is 4.79 Å². The van der Waals surface area contributed by atoms with Crippen molar-refractivity contribution in [3.8, 4) is 0 Å². The van der Waals surface area contributed by atoms with Gasteiger partial charge in [0.1, 0.15) is 6.26 Å². The third kappa shape index (κ3) is 3.06. The summed E-state index contributed by atoms with van der Waals surface area (Å²) >= 11 is 0.